The van der Waals surface area contributed by atoms with Crippen molar-refractivity contribution in [2.45, 2.75) is 11.7 Å². The Balaban J connectivity index is 1.74. The highest BCUT2D eigenvalue weighted by molar-refractivity contribution is 7.90. The summed E-state index contributed by atoms with van der Waals surface area (Å²) in [6.45, 7) is 0.341. The molecule has 0 radical (unpaired) electrons. The highest BCUT2D eigenvalue weighted by Gasteiger charge is 2.16. The Hall–Kier alpha value is -3.56. The van der Waals surface area contributed by atoms with Crippen molar-refractivity contribution in [2.24, 2.45) is 0 Å². The topological polar surface area (TPSA) is 105 Å². The number of ether oxygens (including phenoxy) is 2. The van der Waals surface area contributed by atoms with Crippen molar-refractivity contribution >= 4 is 11.2 Å². The summed E-state index contributed by atoms with van der Waals surface area (Å²) in [4.78, 5) is 24.5. The summed E-state index contributed by atoms with van der Waals surface area (Å²) in [5, 5.41) is 0.227. The quantitative estimate of drug-likeness (QED) is 0.343. The standard InChI is InChI=1S/C23H22N4O4S/c1-30-20-8-6-15(11-21(20)31-2)13-27-14-16(7-9-22(27)28)18-12-19(17-5-4-10-24-17)26-23(25-18)32(3)29/h4-12,14,24H,13H2,1-3H3. The van der Waals surface area contributed by atoms with Gasteiger partial charge in [-0.2, -0.15) is 9.97 Å². The molecule has 0 spiro atoms. The molecule has 3 aromatic heterocycles. The molecular weight excluding hydrogens is 428 g/mol. The second-order valence-electron chi connectivity index (χ2n) is 7.03. The Kier molecular flexibility index (Phi) is 6.29. The number of hydrogen-bond acceptors (Lipinski definition) is 6. The SMILES string of the molecule is COc1ccc(Cn2cc(-c3cc(-c4ccc[nH]4)nc([S+](C)[O-])n3)ccc2=O)cc1OC. The number of hydrogen-bond donors (Lipinski definition) is 1. The molecule has 0 saturated heterocycles. The van der Waals surface area contributed by atoms with Crippen LogP contribution in [0, 0.1) is 0 Å². The number of benzene rings is 1. The summed E-state index contributed by atoms with van der Waals surface area (Å²) >= 11 is -1.36. The van der Waals surface area contributed by atoms with Gasteiger partial charge in [-0.25, -0.2) is 0 Å². The van der Waals surface area contributed by atoms with Gasteiger partial charge >= 0.3 is 5.16 Å². The first-order valence-corrected chi connectivity index (χ1v) is 11.3. The maximum atomic E-state index is 12.5. The number of aromatic amines is 1. The first-order valence-electron chi connectivity index (χ1n) is 9.76. The largest absolute Gasteiger partial charge is 0.609 e. The monoisotopic (exact) mass is 450 g/mol. The molecule has 0 bridgehead atoms. The average Bonchev–Trinajstić information content (AvgIpc) is 3.35. The lowest BCUT2D eigenvalue weighted by Gasteiger charge is -2.12. The zero-order chi connectivity index (χ0) is 22.7. The van der Waals surface area contributed by atoms with Crippen LogP contribution in [0.2, 0.25) is 0 Å². The Morgan fingerprint density at radius 3 is 2.50 bits per heavy atom. The third kappa shape index (κ3) is 4.53. The van der Waals surface area contributed by atoms with Gasteiger partial charge < -0.3 is 23.6 Å². The Labute approximate surface area is 188 Å². The van der Waals surface area contributed by atoms with Crippen LogP contribution in [0.1, 0.15) is 5.56 Å². The van der Waals surface area contributed by atoms with Crippen LogP contribution in [0.4, 0.5) is 0 Å². The molecule has 1 atom stereocenters. The molecule has 4 aromatic rings. The summed E-state index contributed by atoms with van der Waals surface area (Å²) in [7, 11) is 3.15. The third-order valence-electron chi connectivity index (χ3n) is 4.92. The van der Waals surface area contributed by atoms with Crippen LogP contribution in [-0.4, -0.2) is 44.5 Å². The van der Waals surface area contributed by atoms with Crippen LogP contribution in [0.15, 0.2) is 70.9 Å². The van der Waals surface area contributed by atoms with Gasteiger partial charge in [-0.15, -0.1) is 0 Å². The second kappa shape index (κ2) is 9.29. The number of pyridine rings is 1. The van der Waals surface area contributed by atoms with E-state index in [0.717, 1.165) is 11.3 Å². The van der Waals surface area contributed by atoms with E-state index in [1.807, 2.05) is 30.3 Å². The fourth-order valence-electron chi connectivity index (χ4n) is 3.31. The second-order valence-corrected chi connectivity index (χ2v) is 8.31. The zero-order valence-corrected chi connectivity index (χ0v) is 18.7. The molecular formula is C23H22N4O4S. The van der Waals surface area contributed by atoms with E-state index in [1.165, 1.54) is 12.3 Å². The molecule has 164 valence electrons. The van der Waals surface area contributed by atoms with E-state index in [0.29, 0.717) is 35.0 Å². The van der Waals surface area contributed by atoms with E-state index in [2.05, 4.69) is 15.0 Å². The maximum absolute atomic E-state index is 12.5. The van der Waals surface area contributed by atoms with Crippen molar-refractivity contribution in [3.8, 4) is 34.1 Å². The lowest BCUT2D eigenvalue weighted by molar-refractivity contribution is 0.354. The van der Waals surface area contributed by atoms with E-state index >= 15 is 0 Å². The van der Waals surface area contributed by atoms with Crippen molar-refractivity contribution in [1.82, 2.24) is 19.5 Å². The van der Waals surface area contributed by atoms with E-state index in [4.69, 9.17) is 9.47 Å². The Morgan fingerprint density at radius 2 is 1.81 bits per heavy atom. The van der Waals surface area contributed by atoms with Crippen LogP contribution in [0.3, 0.4) is 0 Å². The van der Waals surface area contributed by atoms with E-state index in [-0.39, 0.29) is 10.7 Å². The average molecular weight is 451 g/mol. The number of nitrogens with zero attached hydrogens (tertiary/aromatic N) is 3. The van der Waals surface area contributed by atoms with E-state index < -0.39 is 11.2 Å². The number of nitrogens with one attached hydrogen (secondary N) is 1. The molecule has 0 saturated carbocycles. The van der Waals surface area contributed by atoms with Crippen LogP contribution in [-0.2, 0) is 17.7 Å². The van der Waals surface area contributed by atoms with Crippen molar-refractivity contribution in [3.05, 3.63) is 76.8 Å². The maximum Gasteiger partial charge on any atom is 0.343 e. The van der Waals surface area contributed by atoms with Crippen LogP contribution < -0.4 is 15.0 Å². The van der Waals surface area contributed by atoms with Crippen molar-refractivity contribution in [1.29, 1.82) is 0 Å². The molecule has 3 heterocycles. The van der Waals surface area contributed by atoms with Crippen molar-refractivity contribution < 1.29 is 14.0 Å². The predicted octanol–water partition coefficient (Wildman–Crippen LogP) is 3.10. The van der Waals surface area contributed by atoms with Gasteiger partial charge in [0.1, 0.15) is 6.26 Å². The first kappa shape index (κ1) is 21.7. The summed E-state index contributed by atoms with van der Waals surface area (Å²) in [6, 6.07) is 14.3. The molecule has 0 aliphatic carbocycles. The van der Waals surface area contributed by atoms with Gasteiger partial charge in [0.15, 0.2) is 11.5 Å². The summed E-state index contributed by atoms with van der Waals surface area (Å²) in [5.41, 5.74) is 3.44. The van der Waals surface area contributed by atoms with Gasteiger partial charge in [-0.05, 0) is 42.0 Å². The molecule has 0 amide bonds. The fraction of sp³-hybridized carbons (Fsp3) is 0.174. The highest BCUT2D eigenvalue weighted by atomic mass is 32.2. The molecule has 0 aliphatic rings. The number of rotatable bonds is 7. The molecule has 8 nitrogen and oxygen atoms in total. The minimum absolute atomic E-state index is 0.151. The molecule has 0 aliphatic heterocycles. The molecule has 1 unspecified atom stereocenters. The normalized spacial score (nSPS) is 11.9. The first-order chi connectivity index (χ1) is 15.5. The third-order valence-corrected chi connectivity index (χ3v) is 5.61. The Bertz CT molecular complexity index is 1290. The highest BCUT2D eigenvalue weighted by Crippen LogP contribution is 2.28. The smallest absolute Gasteiger partial charge is 0.343 e. The van der Waals surface area contributed by atoms with Gasteiger partial charge in [0.2, 0.25) is 0 Å². The lowest BCUT2D eigenvalue weighted by atomic mass is 10.1. The summed E-state index contributed by atoms with van der Waals surface area (Å²) in [5.74, 6) is 1.21. The van der Waals surface area contributed by atoms with Gasteiger partial charge in [-0.3, -0.25) is 4.79 Å². The van der Waals surface area contributed by atoms with Crippen molar-refractivity contribution in [3.63, 3.8) is 0 Å². The molecule has 0 fully saturated rings. The van der Waals surface area contributed by atoms with Gasteiger partial charge in [0.05, 0.1) is 37.8 Å². The lowest BCUT2D eigenvalue weighted by Crippen LogP contribution is -2.19. The van der Waals surface area contributed by atoms with E-state index in [9.17, 15) is 9.35 Å². The molecule has 9 heteroatoms. The fourth-order valence-corrected chi connectivity index (χ4v) is 3.77. The van der Waals surface area contributed by atoms with Gasteiger partial charge in [0, 0.05) is 35.2 Å². The number of aromatic nitrogens is 4. The molecule has 1 N–H and O–H groups in total. The molecule has 4 rings (SSSR count). The van der Waals surface area contributed by atoms with Gasteiger partial charge in [-0.1, -0.05) is 6.07 Å². The predicted molar refractivity (Wildman–Crippen MR) is 122 cm³/mol. The minimum Gasteiger partial charge on any atom is -0.609 e. The number of methoxy groups -OCH3 is 2. The molecule has 1 aromatic carbocycles. The zero-order valence-electron chi connectivity index (χ0n) is 17.9. The number of H-pyrrole nitrogens is 1. The van der Waals surface area contributed by atoms with Crippen LogP contribution >= 0.6 is 0 Å². The van der Waals surface area contributed by atoms with Crippen LogP contribution in [0.5, 0.6) is 11.5 Å². The summed E-state index contributed by atoms with van der Waals surface area (Å²) < 4.78 is 24.4. The van der Waals surface area contributed by atoms with E-state index in [1.54, 1.807) is 43.3 Å². The molecule has 32 heavy (non-hydrogen) atoms. The van der Waals surface area contributed by atoms with Crippen molar-refractivity contribution in [2.75, 3.05) is 20.5 Å². The van der Waals surface area contributed by atoms with Crippen LogP contribution in [0.25, 0.3) is 22.6 Å². The minimum atomic E-state index is -1.36. The summed E-state index contributed by atoms with van der Waals surface area (Å²) in [6.07, 6.45) is 5.07. The Morgan fingerprint density at radius 1 is 1.03 bits per heavy atom. The van der Waals surface area contributed by atoms with Gasteiger partial charge in [0.25, 0.3) is 5.56 Å².